The lowest BCUT2D eigenvalue weighted by atomic mass is 10.1. The van der Waals surface area contributed by atoms with Crippen molar-refractivity contribution in [3.8, 4) is 0 Å². The van der Waals surface area contributed by atoms with E-state index in [1.807, 2.05) is 13.0 Å². The molecule has 1 N–H and O–H groups in total. The van der Waals surface area contributed by atoms with Crippen LogP contribution in [0.2, 0.25) is 0 Å². The van der Waals surface area contributed by atoms with Gasteiger partial charge in [0, 0.05) is 29.2 Å². The van der Waals surface area contributed by atoms with Gasteiger partial charge in [-0.1, -0.05) is 6.07 Å². The summed E-state index contributed by atoms with van der Waals surface area (Å²) in [6.07, 6.45) is 0.116. The summed E-state index contributed by atoms with van der Waals surface area (Å²) in [5, 5.41) is 9.24. The maximum absolute atomic E-state index is 12.5. The predicted molar refractivity (Wildman–Crippen MR) is 81.8 cm³/mol. The van der Waals surface area contributed by atoms with Gasteiger partial charge in [0.25, 0.3) is 5.91 Å². The van der Waals surface area contributed by atoms with E-state index in [2.05, 4.69) is 22.6 Å². The van der Waals surface area contributed by atoms with Gasteiger partial charge in [0.05, 0.1) is 6.10 Å². The number of aliphatic carboxylic acids is 1. The average molecular weight is 389 g/mol. The first kappa shape index (κ1) is 15.2. The number of halogens is 1. The number of carbonyl (C=O) groups is 2. The summed E-state index contributed by atoms with van der Waals surface area (Å²) >= 11 is 2.16. The van der Waals surface area contributed by atoms with Crippen LogP contribution < -0.4 is 0 Å². The lowest BCUT2D eigenvalue weighted by Gasteiger charge is -2.21. The maximum Gasteiger partial charge on any atom is 0.326 e. The van der Waals surface area contributed by atoms with Gasteiger partial charge in [0.2, 0.25) is 0 Å². The molecule has 5 nitrogen and oxygen atoms in total. The fourth-order valence-corrected chi connectivity index (χ4v) is 2.83. The van der Waals surface area contributed by atoms with Crippen LogP contribution in [0.15, 0.2) is 18.2 Å². The molecule has 2 rings (SSSR count). The fourth-order valence-electron chi connectivity index (χ4n) is 2.32. The number of carboxylic acids is 1. The second-order valence-electron chi connectivity index (χ2n) is 4.87. The third kappa shape index (κ3) is 2.95. The van der Waals surface area contributed by atoms with E-state index in [0.717, 1.165) is 9.13 Å². The Bertz CT molecular complexity index is 546. The van der Waals surface area contributed by atoms with Crippen molar-refractivity contribution in [3.63, 3.8) is 0 Å². The lowest BCUT2D eigenvalue weighted by molar-refractivity contribution is -0.141. The zero-order valence-corrected chi connectivity index (χ0v) is 13.5. The number of hydrogen-bond donors (Lipinski definition) is 1. The van der Waals surface area contributed by atoms with Crippen molar-refractivity contribution in [1.29, 1.82) is 0 Å². The second kappa shape index (κ2) is 6.09. The predicted octanol–water partition coefficient (Wildman–Crippen LogP) is 1.91. The van der Waals surface area contributed by atoms with Crippen LogP contribution in [0.5, 0.6) is 0 Å². The molecule has 1 fully saturated rings. The Balaban J connectivity index is 2.26. The Morgan fingerprint density at radius 3 is 2.70 bits per heavy atom. The largest absolute Gasteiger partial charge is 0.480 e. The summed E-state index contributed by atoms with van der Waals surface area (Å²) in [5.41, 5.74) is 1.61. The molecule has 6 heteroatoms. The van der Waals surface area contributed by atoms with E-state index in [1.165, 1.54) is 12.0 Å². The Hall–Kier alpha value is -1.15. The zero-order chi connectivity index (χ0) is 14.9. The quantitative estimate of drug-likeness (QED) is 0.803. The molecule has 0 radical (unpaired) electrons. The SMILES string of the molecule is COC1CC(C(=O)O)N(C(=O)c2ccc(C)c(I)c2)C1. The third-order valence-corrected chi connectivity index (χ3v) is 4.72. The fraction of sp³-hybridized carbons (Fsp3) is 0.429. The van der Waals surface area contributed by atoms with Crippen LogP contribution in [-0.4, -0.2) is 47.7 Å². The maximum atomic E-state index is 12.5. The smallest absolute Gasteiger partial charge is 0.326 e. The van der Waals surface area contributed by atoms with Gasteiger partial charge in [0.1, 0.15) is 6.04 Å². The molecule has 1 aromatic carbocycles. The number of methoxy groups -OCH3 is 1. The van der Waals surface area contributed by atoms with Crippen LogP contribution in [0.3, 0.4) is 0 Å². The number of ether oxygens (including phenoxy) is 1. The molecule has 1 heterocycles. The molecule has 1 aliphatic heterocycles. The molecule has 0 spiro atoms. The summed E-state index contributed by atoms with van der Waals surface area (Å²) in [5.74, 6) is -1.24. The minimum atomic E-state index is -0.986. The molecule has 20 heavy (non-hydrogen) atoms. The number of carboxylic acid groups (broad SMARTS) is 1. The van der Waals surface area contributed by atoms with E-state index in [-0.39, 0.29) is 12.0 Å². The van der Waals surface area contributed by atoms with Gasteiger partial charge < -0.3 is 14.7 Å². The monoisotopic (exact) mass is 389 g/mol. The Kier molecular flexibility index (Phi) is 4.64. The number of amides is 1. The summed E-state index contributed by atoms with van der Waals surface area (Å²) in [6, 6.07) is 4.58. The van der Waals surface area contributed by atoms with Gasteiger partial charge in [-0.3, -0.25) is 4.79 Å². The first-order valence-corrected chi connectivity index (χ1v) is 7.34. The van der Waals surface area contributed by atoms with E-state index < -0.39 is 12.0 Å². The van der Waals surface area contributed by atoms with Crippen molar-refractivity contribution in [2.45, 2.75) is 25.5 Å². The molecule has 1 amide bonds. The van der Waals surface area contributed by atoms with Crippen LogP contribution in [-0.2, 0) is 9.53 Å². The molecule has 0 saturated carbocycles. The normalized spacial score (nSPS) is 22.1. The van der Waals surface area contributed by atoms with Crippen LogP contribution in [0, 0.1) is 10.5 Å². The van der Waals surface area contributed by atoms with Crippen molar-refractivity contribution >= 4 is 34.5 Å². The van der Waals surface area contributed by atoms with Crippen molar-refractivity contribution in [2.24, 2.45) is 0 Å². The Labute approximate surface area is 131 Å². The first-order valence-electron chi connectivity index (χ1n) is 6.26. The summed E-state index contributed by atoms with van der Waals surface area (Å²) in [7, 11) is 1.53. The van der Waals surface area contributed by atoms with E-state index >= 15 is 0 Å². The van der Waals surface area contributed by atoms with E-state index in [0.29, 0.717) is 18.5 Å². The number of aryl methyl sites for hydroxylation is 1. The van der Waals surface area contributed by atoms with Gasteiger partial charge >= 0.3 is 5.97 Å². The average Bonchev–Trinajstić information content (AvgIpc) is 2.85. The minimum Gasteiger partial charge on any atom is -0.480 e. The van der Waals surface area contributed by atoms with Gasteiger partial charge in [-0.05, 0) is 47.2 Å². The van der Waals surface area contributed by atoms with Gasteiger partial charge in [-0.2, -0.15) is 0 Å². The number of rotatable bonds is 3. The van der Waals surface area contributed by atoms with Crippen LogP contribution >= 0.6 is 22.6 Å². The first-order chi connectivity index (χ1) is 9.43. The highest BCUT2D eigenvalue weighted by Crippen LogP contribution is 2.24. The van der Waals surface area contributed by atoms with Crippen molar-refractivity contribution in [1.82, 2.24) is 4.90 Å². The second-order valence-corrected chi connectivity index (χ2v) is 6.03. The highest BCUT2D eigenvalue weighted by Gasteiger charge is 2.40. The Morgan fingerprint density at radius 1 is 1.45 bits per heavy atom. The molecule has 1 aromatic rings. The van der Waals surface area contributed by atoms with Crippen molar-refractivity contribution in [3.05, 3.63) is 32.9 Å². The van der Waals surface area contributed by atoms with Crippen molar-refractivity contribution < 1.29 is 19.4 Å². The van der Waals surface area contributed by atoms with Crippen LogP contribution in [0.25, 0.3) is 0 Å². The molecule has 2 atom stereocenters. The van der Waals surface area contributed by atoms with E-state index in [9.17, 15) is 14.7 Å². The molecule has 1 aliphatic rings. The third-order valence-electron chi connectivity index (χ3n) is 3.56. The highest BCUT2D eigenvalue weighted by atomic mass is 127. The highest BCUT2D eigenvalue weighted by molar-refractivity contribution is 14.1. The molecule has 0 bridgehead atoms. The van der Waals surface area contributed by atoms with E-state index in [4.69, 9.17) is 4.74 Å². The number of nitrogens with zero attached hydrogens (tertiary/aromatic N) is 1. The van der Waals surface area contributed by atoms with Gasteiger partial charge in [-0.15, -0.1) is 0 Å². The van der Waals surface area contributed by atoms with Crippen molar-refractivity contribution in [2.75, 3.05) is 13.7 Å². The summed E-state index contributed by atoms with van der Waals surface area (Å²) < 4.78 is 6.18. The minimum absolute atomic E-state index is 0.218. The molecule has 108 valence electrons. The topological polar surface area (TPSA) is 66.8 Å². The molecular formula is C14H16INO4. The molecule has 1 saturated heterocycles. The summed E-state index contributed by atoms with van der Waals surface area (Å²) in [6.45, 7) is 2.28. The Morgan fingerprint density at radius 2 is 2.15 bits per heavy atom. The number of carbonyl (C=O) groups excluding carboxylic acids is 1. The molecule has 0 aromatic heterocycles. The van der Waals surface area contributed by atoms with Gasteiger partial charge in [-0.25, -0.2) is 4.79 Å². The number of likely N-dealkylation sites (tertiary alicyclic amines) is 1. The lowest BCUT2D eigenvalue weighted by Crippen LogP contribution is -2.40. The molecule has 2 unspecified atom stereocenters. The molecule has 0 aliphatic carbocycles. The number of benzene rings is 1. The van der Waals surface area contributed by atoms with Gasteiger partial charge in [0.15, 0.2) is 0 Å². The van der Waals surface area contributed by atoms with Crippen LogP contribution in [0.1, 0.15) is 22.3 Å². The zero-order valence-electron chi connectivity index (χ0n) is 11.3. The number of hydrogen-bond acceptors (Lipinski definition) is 3. The van der Waals surface area contributed by atoms with Crippen LogP contribution in [0.4, 0.5) is 0 Å². The molecular weight excluding hydrogens is 373 g/mol. The standard InChI is InChI=1S/C14H16INO4/c1-8-3-4-9(5-11(8)15)13(17)16-7-10(20-2)6-12(16)14(18)19/h3-5,10,12H,6-7H2,1-2H3,(H,18,19). The summed E-state index contributed by atoms with van der Waals surface area (Å²) in [4.78, 5) is 25.2. The van der Waals surface area contributed by atoms with E-state index in [1.54, 1.807) is 12.1 Å².